The van der Waals surface area contributed by atoms with E-state index in [9.17, 15) is 9.18 Å². The molecule has 0 spiro atoms. The third-order valence-electron chi connectivity index (χ3n) is 2.75. The van der Waals surface area contributed by atoms with E-state index in [2.05, 4.69) is 5.32 Å². The minimum Gasteiger partial charge on any atom is -0.497 e. The zero-order chi connectivity index (χ0) is 13.7. The van der Waals surface area contributed by atoms with E-state index in [-0.39, 0.29) is 18.3 Å². The second-order valence-corrected chi connectivity index (χ2v) is 4.46. The Morgan fingerprint density at radius 3 is 2.61 bits per heavy atom. The predicted molar refractivity (Wildman–Crippen MR) is 67.6 cm³/mol. The van der Waals surface area contributed by atoms with E-state index >= 15 is 0 Å². The number of ether oxygens (including phenoxy) is 1. The van der Waals surface area contributed by atoms with Crippen molar-refractivity contribution in [2.45, 2.75) is 26.4 Å². The molecule has 1 aromatic carbocycles. The summed E-state index contributed by atoms with van der Waals surface area (Å²) in [6, 6.07) is 4.14. The molecule has 0 aliphatic rings. The number of benzene rings is 1. The monoisotopic (exact) mass is 254 g/mol. The highest BCUT2D eigenvalue weighted by Gasteiger charge is 2.19. The van der Waals surface area contributed by atoms with Gasteiger partial charge in [0.25, 0.3) is 0 Å². The number of hydrogen-bond donors (Lipinski definition) is 2. The fourth-order valence-corrected chi connectivity index (χ4v) is 1.68. The van der Waals surface area contributed by atoms with E-state index in [0.717, 1.165) is 0 Å². The molecule has 0 saturated carbocycles. The van der Waals surface area contributed by atoms with Gasteiger partial charge in [0.15, 0.2) is 0 Å². The third kappa shape index (κ3) is 3.70. The lowest BCUT2D eigenvalue weighted by molar-refractivity contribution is -0.121. The van der Waals surface area contributed by atoms with Crippen molar-refractivity contribution in [1.29, 1.82) is 0 Å². The highest BCUT2D eigenvalue weighted by Crippen LogP contribution is 2.16. The van der Waals surface area contributed by atoms with Crippen molar-refractivity contribution < 1.29 is 13.9 Å². The summed E-state index contributed by atoms with van der Waals surface area (Å²) in [6.07, 6.45) is 0. The lowest BCUT2D eigenvalue weighted by Crippen LogP contribution is -2.44. The normalized spacial score (nSPS) is 12.5. The first-order valence-corrected chi connectivity index (χ1v) is 5.80. The van der Waals surface area contributed by atoms with Crippen LogP contribution in [-0.2, 0) is 11.3 Å². The van der Waals surface area contributed by atoms with Crippen molar-refractivity contribution in [3.8, 4) is 5.75 Å². The van der Waals surface area contributed by atoms with Crippen LogP contribution >= 0.6 is 0 Å². The second kappa shape index (κ2) is 6.35. The second-order valence-electron chi connectivity index (χ2n) is 4.46. The van der Waals surface area contributed by atoms with Gasteiger partial charge in [0.2, 0.25) is 5.91 Å². The Kier molecular flexibility index (Phi) is 5.09. The molecule has 0 aliphatic carbocycles. The summed E-state index contributed by atoms with van der Waals surface area (Å²) in [7, 11) is 1.48. The molecular formula is C13H19FN2O2. The number of amides is 1. The van der Waals surface area contributed by atoms with Gasteiger partial charge in [-0.15, -0.1) is 0 Å². The van der Waals surface area contributed by atoms with Crippen molar-refractivity contribution in [3.63, 3.8) is 0 Å². The average Bonchev–Trinajstić information content (AvgIpc) is 2.30. The maximum Gasteiger partial charge on any atom is 0.234 e. The molecule has 1 atom stereocenters. The summed E-state index contributed by atoms with van der Waals surface area (Å²) in [5.74, 6) is -0.275. The highest BCUT2D eigenvalue weighted by molar-refractivity contribution is 5.80. The van der Waals surface area contributed by atoms with Crippen molar-refractivity contribution in [1.82, 2.24) is 5.32 Å². The quantitative estimate of drug-likeness (QED) is 0.807. The number of rotatable bonds is 6. The van der Waals surface area contributed by atoms with Gasteiger partial charge in [0, 0.05) is 18.2 Å². The molecule has 1 unspecified atom stereocenters. The smallest absolute Gasteiger partial charge is 0.234 e. The summed E-state index contributed by atoms with van der Waals surface area (Å²) in [5.41, 5.74) is 5.75. The average molecular weight is 254 g/mol. The zero-order valence-corrected chi connectivity index (χ0v) is 10.9. The van der Waals surface area contributed by atoms with Gasteiger partial charge in [-0.3, -0.25) is 4.79 Å². The lowest BCUT2D eigenvalue weighted by Gasteiger charge is -2.19. The molecule has 3 N–H and O–H groups in total. The Labute approximate surface area is 106 Å². The fraction of sp³-hybridized carbons (Fsp3) is 0.462. The lowest BCUT2D eigenvalue weighted by atomic mass is 10.0. The minimum atomic E-state index is -0.466. The molecule has 5 heteroatoms. The summed E-state index contributed by atoms with van der Waals surface area (Å²) < 4.78 is 18.6. The van der Waals surface area contributed by atoms with Crippen molar-refractivity contribution in [2.24, 2.45) is 11.7 Å². The maximum absolute atomic E-state index is 13.7. The van der Waals surface area contributed by atoms with Crippen LogP contribution in [0.4, 0.5) is 4.39 Å². The number of nitrogens with one attached hydrogen (secondary N) is 1. The van der Waals surface area contributed by atoms with Gasteiger partial charge in [-0.05, 0) is 12.0 Å². The van der Waals surface area contributed by atoms with Gasteiger partial charge < -0.3 is 15.8 Å². The minimum absolute atomic E-state index is 0.0591. The summed E-state index contributed by atoms with van der Waals surface area (Å²) in [6.45, 7) is 4.02. The molecule has 0 aromatic heterocycles. The highest BCUT2D eigenvalue weighted by atomic mass is 19.1. The van der Waals surface area contributed by atoms with Gasteiger partial charge in [0.1, 0.15) is 11.6 Å². The Hall–Kier alpha value is -1.62. The Bertz CT molecular complexity index is 421. The summed E-state index contributed by atoms with van der Waals surface area (Å²) in [4.78, 5) is 11.2. The van der Waals surface area contributed by atoms with Crippen LogP contribution in [0, 0.1) is 11.7 Å². The van der Waals surface area contributed by atoms with E-state index in [1.807, 2.05) is 13.8 Å². The van der Waals surface area contributed by atoms with E-state index in [0.29, 0.717) is 11.3 Å². The molecule has 1 aromatic rings. The van der Waals surface area contributed by atoms with Gasteiger partial charge >= 0.3 is 0 Å². The zero-order valence-electron chi connectivity index (χ0n) is 10.9. The molecule has 0 saturated heterocycles. The molecular weight excluding hydrogens is 235 g/mol. The van der Waals surface area contributed by atoms with Gasteiger partial charge in [-0.1, -0.05) is 19.9 Å². The molecule has 0 fully saturated rings. The van der Waals surface area contributed by atoms with Crippen molar-refractivity contribution in [2.75, 3.05) is 7.11 Å². The molecule has 100 valence electrons. The van der Waals surface area contributed by atoms with Crippen LogP contribution in [-0.4, -0.2) is 19.1 Å². The van der Waals surface area contributed by atoms with Crippen LogP contribution in [0.15, 0.2) is 18.2 Å². The van der Waals surface area contributed by atoms with Gasteiger partial charge in [-0.2, -0.15) is 0 Å². The van der Waals surface area contributed by atoms with E-state index in [1.54, 1.807) is 12.1 Å². The van der Waals surface area contributed by atoms with Crippen molar-refractivity contribution in [3.05, 3.63) is 29.6 Å². The van der Waals surface area contributed by atoms with Crippen LogP contribution in [0.1, 0.15) is 19.4 Å². The van der Waals surface area contributed by atoms with Gasteiger partial charge in [-0.25, -0.2) is 4.39 Å². The van der Waals surface area contributed by atoms with Gasteiger partial charge in [0.05, 0.1) is 13.2 Å². The SMILES string of the molecule is COc1ccc(CNC(C(N)=O)C(C)C)c(F)c1. The number of methoxy groups -OCH3 is 1. The van der Waals surface area contributed by atoms with E-state index in [1.165, 1.54) is 13.2 Å². The van der Waals surface area contributed by atoms with Crippen LogP contribution < -0.4 is 15.8 Å². The number of carbonyl (C=O) groups is 1. The maximum atomic E-state index is 13.7. The standard InChI is InChI=1S/C13H19FN2O2/c1-8(2)12(13(15)17)16-7-9-4-5-10(18-3)6-11(9)14/h4-6,8,12,16H,7H2,1-3H3,(H2,15,17). The third-order valence-corrected chi connectivity index (χ3v) is 2.75. The molecule has 18 heavy (non-hydrogen) atoms. The van der Waals surface area contributed by atoms with Crippen LogP contribution in [0.5, 0.6) is 5.75 Å². The number of hydrogen-bond acceptors (Lipinski definition) is 3. The Morgan fingerprint density at radius 1 is 1.50 bits per heavy atom. The molecule has 0 aliphatic heterocycles. The number of primary amides is 1. The van der Waals surface area contributed by atoms with Crippen LogP contribution in [0.3, 0.4) is 0 Å². The topological polar surface area (TPSA) is 64.3 Å². The first-order valence-electron chi connectivity index (χ1n) is 5.80. The number of carbonyl (C=O) groups excluding carboxylic acids is 1. The van der Waals surface area contributed by atoms with Crippen LogP contribution in [0.2, 0.25) is 0 Å². The van der Waals surface area contributed by atoms with E-state index < -0.39 is 11.9 Å². The number of nitrogens with two attached hydrogens (primary N) is 1. The molecule has 0 bridgehead atoms. The molecule has 1 amide bonds. The molecule has 0 radical (unpaired) electrons. The molecule has 4 nitrogen and oxygen atoms in total. The first kappa shape index (κ1) is 14.4. The summed E-state index contributed by atoms with van der Waals surface area (Å²) in [5, 5.41) is 2.96. The largest absolute Gasteiger partial charge is 0.497 e. The Balaban J connectivity index is 2.70. The molecule has 1 rings (SSSR count). The predicted octanol–water partition coefficient (Wildman–Crippen LogP) is 1.43. The van der Waals surface area contributed by atoms with Crippen LogP contribution in [0.25, 0.3) is 0 Å². The summed E-state index contributed by atoms with van der Waals surface area (Å²) >= 11 is 0. The molecule has 0 heterocycles. The fourth-order valence-electron chi connectivity index (χ4n) is 1.68. The van der Waals surface area contributed by atoms with Crippen molar-refractivity contribution >= 4 is 5.91 Å². The van der Waals surface area contributed by atoms with E-state index in [4.69, 9.17) is 10.5 Å². The first-order chi connectivity index (χ1) is 8.45. The Morgan fingerprint density at radius 2 is 2.17 bits per heavy atom. The number of halogens is 1.